The summed E-state index contributed by atoms with van der Waals surface area (Å²) < 4.78 is 0. The fourth-order valence-electron chi connectivity index (χ4n) is 2.49. The summed E-state index contributed by atoms with van der Waals surface area (Å²) in [6, 6.07) is 22.9. The summed E-state index contributed by atoms with van der Waals surface area (Å²) >= 11 is 1.42. The topological polar surface area (TPSA) is 92.4 Å². The minimum Gasteiger partial charge on any atom is -0.478 e. The maximum Gasteiger partial charge on any atom is 0.335 e. The Morgan fingerprint density at radius 2 is 1.52 bits per heavy atom. The molecule has 0 fully saturated rings. The maximum absolute atomic E-state index is 12.9. The summed E-state index contributed by atoms with van der Waals surface area (Å²) in [6.45, 7) is 0. The lowest BCUT2D eigenvalue weighted by atomic mass is 10.1. The van der Waals surface area contributed by atoms with Crippen LogP contribution in [-0.4, -0.2) is 17.0 Å². The first-order chi connectivity index (χ1) is 13.0. The summed E-state index contributed by atoms with van der Waals surface area (Å²) in [5.41, 5.74) is 7.99. The minimum atomic E-state index is -1.01. The quantitative estimate of drug-likeness (QED) is 0.436. The molecule has 1 atom stereocenters. The molecule has 0 saturated heterocycles. The van der Waals surface area contributed by atoms with E-state index in [1.807, 2.05) is 42.5 Å². The third kappa shape index (κ3) is 4.89. The van der Waals surface area contributed by atoms with Crippen molar-refractivity contribution in [2.24, 2.45) is 0 Å². The molecule has 0 aliphatic rings. The van der Waals surface area contributed by atoms with Gasteiger partial charge < -0.3 is 16.2 Å². The highest BCUT2D eigenvalue weighted by atomic mass is 32.2. The molecule has 0 heterocycles. The zero-order valence-electron chi connectivity index (χ0n) is 14.3. The number of hydrogen-bond acceptors (Lipinski definition) is 4. The number of thioether (sulfide) groups is 1. The van der Waals surface area contributed by atoms with Crippen molar-refractivity contribution in [3.63, 3.8) is 0 Å². The number of nitrogens with two attached hydrogens (primary N) is 1. The lowest BCUT2D eigenvalue weighted by Crippen LogP contribution is -2.19. The van der Waals surface area contributed by atoms with Crippen LogP contribution in [0.1, 0.15) is 21.2 Å². The van der Waals surface area contributed by atoms with Gasteiger partial charge in [-0.25, -0.2) is 4.79 Å². The van der Waals surface area contributed by atoms with Crippen molar-refractivity contribution in [1.29, 1.82) is 0 Å². The molecule has 136 valence electrons. The highest BCUT2D eigenvalue weighted by molar-refractivity contribution is 8.00. The molecule has 1 amide bonds. The lowest BCUT2D eigenvalue weighted by Gasteiger charge is -2.17. The van der Waals surface area contributed by atoms with Crippen LogP contribution in [0.25, 0.3) is 0 Å². The van der Waals surface area contributed by atoms with Crippen molar-refractivity contribution in [2.75, 3.05) is 11.1 Å². The molecule has 0 radical (unpaired) electrons. The predicted molar refractivity (Wildman–Crippen MR) is 108 cm³/mol. The van der Waals surface area contributed by atoms with E-state index < -0.39 is 11.2 Å². The van der Waals surface area contributed by atoms with Crippen LogP contribution < -0.4 is 11.1 Å². The Kier molecular flexibility index (Phi) is 5.78. The van der Waals surface area contributed by atoms with Crippen LogP contribution in [0.5, 0.6) is 0 Å². The van der Waals surface area contributed by atoms with Gasteiger partial charge in [-0.05, 0) is 54.1 Å². The minimum absolute atomic E-state index is 0.170. The molecule has 0 saturated carbocycles. The number of nitrogens with one attached hydrogen (secondary N) is 1. The molecule has 0 aromatic heterocycles. The van der Waals surface area contributed by atoms with Crippen molar-refractivity contribution < 1.29 is 14.7 Å². The zero-order valence-corrected chi connectivity index (χ0v) is 15.1. The van der Waals surface area contributed by atoms with E-state index in [4.69, 9.17) is 10.8 Å². The molecule has 0 aliphatic carbocycles. The number of nitrogen functional groups attached to an aromatic ring is 1. The van der Waals surface area contributed by atoms with E-state index in [0.29, 0.717) is 11.4 Å². The third-order valence-corrected chi connectivity index (χ3v) is 5.14. The third-order valence-electron chi connectivity index (χ3n) is 3.87. The highest BCUT2D eigenvalue weighted by Gasteiger charge is 2.22. The highest BCUT2D eigenvalue weighted by Crippen LogP contribution is 2.36. The van der Waals surface area contributed by atoms with Crippen molar-refractivity contribution >= 4 is 35.0 Å². The fraction of sp³-hybridized carbons (Fsp3) is 0.0476. The second-order valence-electron chi connectivity index (χ2n) is 5.85. The van der Waals surface area contributed by atoms with Crippen molar-refractivity contribution in [3.8, 4) is 0 Å². The monoisotopic (exact) mass is 378 g/mol. The summed E-state index contributed by atoms with van der Waals surface area (Å²) in [7, 11) is 0. The average Bonchev–Trinajstić information content (AvgIpc) is 2.68. The Bertz CT molecular complexity index is 926. The first kappa shape index (κ1) is 18.5. The van der Waals surface area contributed by atoms with Crippen LogP contribution in [-0.2, 0) is 4.79 Å². The van der Waals surface area contributed by atoms with Crippen LogP contribution in [0.4, 0.5) is 11.4 Å². The van der Waals surface area contributed by atoms with Gasteiger partial charge in [-0.2, -0.15) is 0 Å². The summed E-state index contributed by atoms with van der Waals surface area (Å²) in [6.07, 6.45) is 0. The van der Waals surface area contributed by atoms with Gasteiger partial charge in [0.2, 0.25) is 5.91 Å². The molecule has 3 aromatic carbocycles. The van der Waals surface area contributed by atoms with Gasteiger partial charge in [0.05, 0.1) is 5.56 Å². The Balaban J connectivity index is 1.82. The summed E-state index contributed by atoms with van der Waals surface area (Å²) in [5.74, 6) is -1.19. The number of carboxylic acid groups (broad SMARTS) is 1. The van der Waals surface area contributed by atoms with Gasteiger partial charge in [0, 0.05) is 16.3 Å². The van der Waals surface area contributed by atoms with Gasteiger partial charge in [-0.15, -0.1) is 11.8 Å². The second-order valence-corrected chi connectivity index (χ2v) is 7.03. The molecule has 4 N–H and O–H groups in total. The summed E-state index contributed by atoms with van der Waals surface area (Å²) in [5, 5.41) is 11.4. The van der Waals surface area contributed by atoms with Crippen LogP contribution in [0.15, 0.2) is 83.8 Å². The molecule has 3 aromatic rings. The number of carboxylic acids is 1. The maximum atomic E-state index is 12.9. The van der Waals surface area contributed by atoms with E-state index in [-0.39, 0.29) is 11.5 Å². The number of amides is 1. The fourth-order valence-corrected chi connectivity index (χ4v) is 3.51. The van der Waals surface area contributed by atoms with Crippen molar-refractivity contribution in [2.45, 2.75) is 10.1 Å². The molecule has 5 nitrogen and oxygen atoms in total. The lowest BCUT2D eigenvalue weighted by molar-refractivity contribution is -0.115. The number of carbonyl (C=O) groups is 2. The largest absolute Gasteiger partial charge is 0.478 e. The molecule has 27 heavy (non-hydrogen) atoms. The Hall–Kier alpha value is -3.25. The number of anilines is 2. The number of benzene rings is 3. The molecule has 3 rings (SSSR count). The van der Waals surface area contributed by atoms with Crippen molar-refractivity contribution in [3.05, 3.63) is 90.0 Å². The van der Waals surface area contributed by atoms with Crippen molar-refractivity contribution in [1.82, 2.24) is 0 Å². The van der Waals surface area contributed by atoms with Gasteiger partial charge in [-0.1, -0.05) is 30.3 Å². The van der Waals surface area contributed by atoms with Gasteiger partial charge >= 0.3 is 5.97 Å². The molecule has 0 aliphatic heterocycles. The van der Waals surface area contributed by atoms with Crippen LogP contribution >= 0.6 is 11.8 Å². The van der Waals surface area contributed by atoms with E-state index in [1.165, 1.54) is 23.9 Å². The van der Waals surface area contributed by atoms with Crippen LogP contribution in [0.2, 0.25) is 0 Å². The molecule has 0 bridgehead atoms. The Morgan fingerprint density at radius 3 is 2.11 bits per heavy atom. The normalized spacial score (nSPS) is 11.6. The molecular formula is C21H18N2O3S. The predicted octanol–water partition coefficient (Wildman–Crippen LogP) is 4.44. The van der Waals surface area contributed by atoms with Gasteiger partial charge in [0.25, 0.3) is 0 Å². The summed E-state index contributed by atoms with van der Waals surface area (Å²) in [4.78, 5) is 24.8. The van der Waals surface area contributed by atoms with E-state index in [1.54, 1.807) is 24.3 Å². The van der Waals surface area contributed by atoms with Gasteiger partial charge in [0.15, 0.2) is 0 Å². The number of carbonyl (C=O) groups excluding carboxylic acids is 1. The van der Waals surface area contributed by atoms with Gasteiger partial charge in [-0.3, -0.25) is 4.79 Å². The van der Waals surface area contributed by atoms with E-state index in [9.17, 15) is 9.59 Å². The number of hydrogen-bond donors (Lipinski definition) is 3. The second kappa shape index (κ2) is 8.42. The van der Waals surface area contributed by atoms with E-state index in [2.05, 4.69) is 5.32 Å². The SMILES string of the molecule is Nc1ccc(SC(C(=O)Nc2ccc(C(=O)O)cc2)c2ccccc2)cc1. The first-order valence-corrected chi connectivity index (χ1v) is 9.12. The van der Waals surface area contributed by atoms with E-state index >= 15 is 0 Å². The zero-order chi connectivity index (χ0) is 19.2. The van der Waals surface area contributed by atoms with E-state index in [0.717, 1.165) is 10.5 Å². The molecule has 1 unspecified atom stereocenters. The van der Waals surface area contributed by atoms with Crippen LogP contribution in [0.3, 0.4) is 0 Å². The number of aromatic carboxylic acids is 1. The first-order valence-electron chi connectivity index (χ1n) is 8.24. The number of rotatable bonds is 6. The van der Waals surface area contributed by atoms with Crippen LogP contribution in [0, 0.1) is 0 Å². The molecule has 0 spiro atoms. The molecule has 6 heteroatoms. The smallest absolute Gasteiger partial charge is 0.335 e. The van der Waals surface area contributed by atoms with Gasteiger partial charge in [0.1, 0.15) is 5.25 Å². The molecular weight excluding hydrogens is 360 g/mol. The average molecular weight is 378 g/mol. The Labute approximate surface area is 161 Å². The Morgan fingerprint density at radius 1 is 0.889 bits per heavy atom. The standard InChI is InChI=1S/C21H18N2O3S/c22-16-8-12-18(13-9-16)27-19(14-4-2-1-3-5-14)20(24)23-17-10-6-15(7-11-17)21(25)26/h1-13,19H,22H2,(H,23,24)(H,25,26).